The van der Waals surface area contributed by atoms with Crippen LogP contribution in [0.25, 0.3) is 11.0 Å². The van der Waals surface area contributed by atoms with Gasteiger partial charge in [0.2, 0.25) is 5.78 Å². The lowest BCUT2D eigenvalue weighted by Crippen LogP contribution is -2.30. The van der Waals surface area contributed by atoms with E-state index in [4.69, 9.17) is 4.42 Å². The highest BCUT2D eigenvalue weighted by molar-refractivity contribution is 9.10. The van der Waals surface area contributed by atoms with Crippen molar-refractivity contribution in [2.75, 3.05) is 4.90 Å². The molecule has 1 atom stereocenters. The molecule has 0 bridgehead atoms. The third kappa shape index (κ3) is 3.27. The fourth-order valence-electron chi connectivity index (χ4n) is 3.88. The number of Topliss-reactive ketones (excluding diaryl/α,β-unsaturated/α-hetero) is 1. The van der Waals surface area contributed by atoms with Crippen molar-refractivity contribution in [3.63, 3.8) is 0 Å². The van der Waals surface area contributed by atoms with Crippen molar-refractivity contribution in [3.8, 4) is 0 Å². The number of aliphatic hydroxyl groups excluding tert-OH is 1. The van der Waals surface area contributed by atoms with Gasteiger partial charge >= 0.3 is 0 Å². The zero-order valence-electron chi connectivity index (χ0n) is 16.6. The Morgan fingerprint density at radius 2 is 1.91 bits per heavy atom. The lowest BCUT2D eigenvalue weighted by atomic mass is 9.98. The van der Waals surface area contributed by atoms with Crippen LogP contribution in [0.3, 0.4) is 0 Å². The average Bonchev–Trinajstić information content (AvgIpc) is 3.45. The minimum absolute atomic E-state index is 0.0209. The smallest absolute Gasteiger partial charge is 0.294 e. The van der Waals surface area contributed by atoms with Crippen molar-refractivity contribution in [2.45, 2.75) is 13.0 Å². The number of hydrogen-bond donors (Lipinski definition) is 1. The van der Waals surface area contributed by atoms with E-state index in [1.165, 1.54) is 40.5 Å². The van der Waals surface area contributed by atoms with E-state index in [-0.39, 0.29) is 11.3 Å². The fourth-order valence-corrected chi connectivity index (χ4v) is 5.28. The number of fused-ring (bicyclic) bond motifs is 1. The Kier molecular flexibility index (Phi) is 4.98. The van der Waals surface area contributed by atoms with Crippen molar-refractivity contribution < 1.29 is 23.5 Å². The van der Waals surface area contributed by atoms with Crippen molar-refractivity contribution in [3.05, 3.63) is 97.8 Å². The van der Waals surface area contributed by atoms with E-state index in [2.05, 4.69) is 15.9 Å². The van der Waals surface area contributed by atoms with Crippen LogP contribution in [0.5, 0.6) is 0 Å². The summed E-state index contributed by atoms with van der Waals surface area (Å²) in [5.41, 5.74) is 1.69. The number of aryl methyl sites for hydroxylation is 1. The molecule has 2 aromatic heterocycles. The van der Waals surface area contributed by atoms with Gasteiger partial charge in [0.05, 0.1) is 5.57 Å². The molecule has 0 saturated carbocycles. The van der Waals surface area contributed by atoms with Crippen LogP contribution >= 0.6 is 27.3 Å². The molecule has 1 unspecified atom stereocenters. The van der Waals surface area contributed by atoms with Crippen molar-refractivity contribution in [2.24, 2.45) is 0 Å². The first-order chi connectivity index (χ1) is 15.3. The van der Waals surface area contributed by atoms with Gasteiger partial charge in [0.1, 0.15) is 17.4 Å². The van der Waals surface area contributed by atoms with Gasteiger partial charge in [-0.25, -0.2) is 4.39 Å². The van der Waals surface area contributed by atoms with Crippen LogP contribution in [0, 0.1) is 12.7 Å². The summed E-state index contributed by atoms with van der Waals surface area (Å²) in [5.74, 6) is -2.38. The Bertz CT molecular complexity index is 1420. The standard InChI is InChI=1S/C24H15BrFNO4S/c1-12-8-9-32-23(12)20-19(21(28)18-11-13-10-14(25)2-7-17(13)31-18)22(29)24(30)27(20)16-5-3-15(26)4-6-16/h2-11,20,29H,1H3. The molecule has 4 aromatic rings. The molecule has 8 heteroatoms. The number of hydrogen-bond acceptors (Lipinski definition) is 5. The normalized spacial score (nSPS) is 16.4. The van der Waals surface area contributed by atoms with Crippen LogP contribution in [0.4, 0.5) is 10.1 Å². The second kappa shape index (κ2) is 7.72. The minimum Gasteiger partial charge on any atom is -0.503 e. The molecule has 1 N–H and O–H groups in total. The van der Waals surface area contributed by atoms with Gasteiger partial charge in [-0.05, 0) is 72.5 Å². The second-order valence-electron chi connectivity index (χ2n) is 7.41. The summed E-state index contributed by atoms with van der Waals surface area (Å²) < 4.78 is 20.1. The molecule has 3 heterocycles. The molecular weight excluding hydrogens is 497 g/mol. The quantitative estimate of drug-likeness (QED) is 0.318. The van der Waals surface area contributed by atoms with E-state index in [0.717, 1.165) is 14.9 Å². The Morgan fingerprint density at radius 1 is 1.16 bits per heavy atom. The van der Waals surface area contributed by atoms with Gasteiger partial charge < -0.3 is 9.52 Å². The Labute approximate surface area is 194 Å². The van der Waals surface area contributed by atoms with Gasteiger partial charge in [-0.1, -0.05) is 15.9 Å². The number of halogens is 2. The van der Waals surface area contributed by atoms with E-state index in [1.807, 2.05) is 24.4 Å². The highest BCUT2D eigenvalue weighted by Crippen LogP contribution is 2.45. The van der Waals surface area contributed by atoms with E-state index in [9.17, 15) is 19.1 Å². The lowest BCUT2D eigenvalue weighted by Gasteiger charge is -2.26. The number of benzene rings is 2. The number of furan rings is 1. The maximum Gasteiger partial charge on any atom is 0.294 e. The predicted octanol–water partition coefficient (Wildman–Crippen LogP) is 6.49. The third-order valence-electron chi connectivity index (χ3n) is 5.41. The highest BCUT2D eigenvalue weighted by atomic mass is 79.9. The topological polar surface area (TPSA) is 70.7 Å². The molecule has 0 saturated heterocycles. The summed E-state index contributed by atoms with van der Waals surface area (Å²) >= 11 is 4.77. The molecule has 0 radical (unpaired) electrons. The largest absolute Gasteiger partial charge is 0.503 e. The summed E-state index contributed by atoms with van der Waals surface area (Å²) in [6, 6.07) is 13.3. The van der Waals surface area contributed by atoms with E-state index < -0.39 is 29.3 Å². The Balaban J connectivity index is 1.66. The molecular formula is C24H15BrFNO4S. The molecule has 0 spiro atoms. The van der Waals surface area contributed by atoms with E-state index in [1.54, 1.807) is 18.2 Å². The zero-order valence-corrected chi connectivity index (χ0v) is 19.0. The first-order valence-corrected chi connectivity index (χ1v) is 11.3. The maximum atomic E-state index is 13.5. The maximum absolute atomic E-state index is 13.5. The summed E-state index contributed by atoms with van der Waals surface area (Å²) in [6.45, 7) is 1.87. The number of nitrogens with zero attached hydrogens (tertiary/aromatic N) is 1. The van der Waals surface area contributed by atoms with Crippen molar-refractivity contribution >= 4 is 55.6 Å². The van der Waals surface area contributed by atoms with Crippen LogP contribution < -0.4 is 4.90 Å². The van der Waals surface area contributed by atoms with Gasteiger partial charge in [0, 0.05) is 20.4 Å². The molecule has 160 valence electrons. The summed E-state index contributed by atoms with van der Waals surface area (Å²) in [4.78, 5) is 28.7. The third-order valence-corrected chi connectivity index (χ3v) is 6.97. The van der Waals surface area contributed by atoms with E-state index in [0.29, 0.717) is 16.7 Å². The SMILES string of the molecule is Cc1ccsc1C1C(C(=O)c2cc3cc(Br)ccc3o2)=C(O)C(=O)N1c1ccc(F)cc1. The molecule has 5 rings (SSSR count). The molecule has 1 aliphatic rings. The van der Waals surface area contributed by atoms with E-state index >= 15 is 0 Å². The van der Waals surface area contributed by atoms with Gasteiger partial charge in [-0.15, -0.1) is 11.3 Å². The number of rotatable bonds is 4. The predicted molar refractivity (Wildman–Crippen MR) is 124 cm³/mol. The van der Waals surface area contributed by atoms with Crippen molar-refractivity contribution in [1.82, 2.24) is 0 Å². The summed E-state index contributed by atoms with van der Waals surface area (Å²) in [5, 5.41) is 13.4. The molecule has 1 aliphatic heterocycles. The summed E-state index contributed by atoms with van der Waals surface area (Å²) in [7, 11) is 0. The molecule has 0 aliphatic carbocycles. The monoisotopic (exact) mass is 511 g/mol. The number of anilines is 1. The minimum atomic E-state index is -0.861. The number of ketones is 1. The number of carbonyl (C=O) groups excluding carboxylic acids is 2. The number of thiophene rings is 1. The van der Waals surface area contributed by atoms with Gasteiger partial charge in [-0.2, -0.15) is 0 Å². The molecule has 1 amide bonds. The first-order valence-electron chi connectivity index (χ1n) is 9.65. The van der Waals surface area contributed by atoms with Gasteiger partial charge in [-0.3, -0.25) is 14.5 Å². The Hall–Kier alpha value is -3.23. The zero-order chi connectivity index (χ0) is 22.6. The first kappa shape index (κ1) is 20.7. The van der Waals surface area contributed by atoms with Crippen LogP contribution in [0.1, 0.15) is 27.0 Å². The second-order valence-corrected chi connectivity index (χ2v) is 9.27. The lowest BCUT2D eigenvalue weighted by molar-refractivity contribution is -0.117. The van der Waals surface area contributed by atoms with Crippen LogP contribution in [-0.4, -0.2) is 16.8 Å². The molecule has 5 nitrogen and oxygen atoms in total. The van der Waals surface area contributed by atoms with Crippen LogP contribution in [-0.2, 0) is 4.79 Å². The fraction of sp³-hybridized carbons (Fsp3) is 0.0833. The van der Waals surface area contributed by atoms with Crippen molar-refractivity contribution in [1.29, 1.82) is 0 Å². The number of carbonyl (C=O) groups is 2. The van der Waals surface area contributed by atoms with Crippen LogP contribution in [0.15, 0.2) is 80.2 Å². The molecule has 32 heavy (non-hydrogen) atoms. The van der Waals surface area contributed by atoms with Gasteiger partial charge in [0.15, 0.2) is 11.5 Å². The van der Waals surface area contributed by atoms with Crippen LogP contribution in [0.2, 0.25) is 0 Å². The molecule has 0 fully saturated rings. The van der Waals surface area contributed by atoms with Gasteiger partial charge in [0.25, 0.3) is 5.91 Å². The average molecular weight is 512 g/mol. The Morgan fingerprint density at radius 3 is 2.59 bits per heavy atom. The number of aliphatic hydroxyl groups is 1. The molecule has 2 aromatic carbocycles. The number of amides is 1. The highest BCUT2D eigenvalue weighted by Gasteiger charge is 2.46. The summed E-state index contributed by atoms with van der Waals surface area (Å²) in [6.07, 6.45) is 0.